The van der Waals surface area contributed by atoms with Crippen molar-refractivity contribution in [2.24, 2.45) is 5.92 Å². The average molecular weight is 270 g/mol. The lowest BCUT2D eigenvalue weighted by molar-refractivity contribution is 0.163. The first-order valence-electron chi connectivity index (χ1n) is 7.80. The van der Waals surface area contributed by atoms with Crippen molar-refractivity contribution < 1.29 is 9.90 Å². The lowest BCUT2D eigenvalue weighted by Crippen LogP contribution is -2.43. The van der Waals surface area contributed by atoms with Crippen molar-refractivity contribution in [1.29, 1.82) is 0 Å². The molecule has 0 spiro atoms. The molecule has 0 aromatic carbocycles. The van der Waals surface area contributed by atoms with E-state index in [1.165, 1.54) is 32.1 Å². The molecule has 1 aliphatic rings. The van der Waals surface area contributed by atoms with Gasteiger partial charge >= 0.3 is 6.03 Å². The van der Waals surface area contributed by atoms with E-state index in [4.69, 9.17) is 0 Å². The highest BCUT2D eigenvalue weighted by molar-refractivity contribution is 5.74. The quantitative estimate of drug-likeness (QED) is 0.719. The van der Waals surface area contributed by atoms with Crippen molar-refractivity contribution >= 4 is 6.03 Å². The van der Waals surface area contributed by atoms with Gasteiger partial charge in [-0.05, 0) is 32.1 Å². The molecule has 0 aliphatic heterocycles. The molecule has 3 N–H and O–H groups in total. The normalized spacial score (nSPS) is 21.0. The number of carbonyl (C=O) groups is 1. The molecule has 1 fully saturated rings. The predicted molar refractivity (Wildman–Crippen MR) is 78.1 cm³/mol. The first kappa shape index (κ1) is 16.3. The monoisotopic (exact) mass is 270 g/mol. The van der Waals surface area contributed by atoms with Crippen LogP contribution in [0.2, 0.25) is 0 Å². The van der Waals surface area contributed by atoms with Crippen LogP contribution in [0.3, 0.4) is 0 Å². The fraction of sp³-hybridized carbons (Fsp3) is 0.933. The standard InChI is InChI=1S/C15H30N2O2/c1-12(10-13(2)18)11-16-15(19)17-14-8-6-4-3-5-7-9-14/h12-14,18H,3-11H2,1-2H3,(H2,16,17,19). The molecule has 4 heteroatoms. The number of amides is 2. The van der Waals surface area contributed by atoms with Crippen LogP contribution in [-0.2, 0) is 0 Å². The second-order valence-electron chi connectivity index (χ2n) is 6.09. The van der Waals surface area contributed by atoms with E-state index in [2.05, 4.69) is 10.6 Å². The predicted octanol–water partition coefficient (Wildman–Crippen LogP) is 2.81. The summed E-state index contributed by atoms with van der Waals surface area (Å²) in [7, 11) is 0. The number of hydrogen-bond donors (Lipinski definition) is 3. The van der Waals surface area contributed by atoms with Crippen LogP contribution >= 0.6 is 0 Å². The highest BCUT2D eigenvalue weighted by Crippen LogP contribution is 2.16. The van der Waals surface area contributed by atoms with Gasteiger partial charge in [0.15, 0.2) is 0 Å². The highest BCUT2D eigenvalue weighted by atomic mass is 16.3. The van der Waals surface area contributed by atoms with E-state index in [0.717, 1.165) is 19.3 Å². The van der Waals surface area contributed by atoms with Gasteiger partial charge in [-0.2, -0.15) is 0 Å². The van der Waals surface area contributed by atoms with Gasteiger partial charge in [0.2, 0.25) is 0 Å². The molecule has 0 radical (unpaired) electrons. The maximum atomic E-state index is 11.8. The van der Waals surface area contributed by atoms with Gasteiger partial charge in [0, 0.05) is 12.6 Å². The number of nitrogens with one attached hydrogen (secondary N) is 2. The molecule has 4 nitrogen and oxygen atoms in total. The van der Waals surface area contributed by atoms with Crippen LogP contribution in [0.4, 0.5) is 4.79 Å². The molecule has 0 heterocycles. The molecule has 1 saturated carbocycles. The van der Waals surface area contributed by atoms with Crippen LogP contribution in [0, 0.1) is 5.92 Å². The summed E-state index contributed by atoms with van der Waals surface area (Å²) >= 11 is 0. The summed E-state index contributed by atoms with van der Waals surface area (Å²) in [6, 6.07) is 0.287. The van der Waals surface area contributed by atoms with Gasteiger partial charge in [-0.3, -0.25) is 0 Å². The average Bonchev–Trinajstić information content (AvgIpc) is 2.29. The molecule has 0 saturated heterocycles. The van der Waals surface area contributed by atoms with Crippen molar-refractivity contribution in [2.45, 2.75) is 77.4 Å². The molecule has 112 valence electrons. The van der Waals surface area contributed by atoms with Crippen LogP contribution in [0.25, 0.3) is 0 Å². The van der Waals surface area contributed by atoms with Gasteiger partial charge in [0.1, 0.15) is 0 Å². The maximum Gasteiger partial charge on any atom is 0.315 e. The molecular weight excluding hydrogens is 240 g/mol. The lowest BCUT2D eigenvalue weighted by Gasteiger charge is -2.22. The third-order valence-corrected chi connectivity index (χ3v) is 3.79. The van der Waals surface area contributed by atoms with Crippen molar-refractivity contribution in [3.63, 3.8) is 0 Å². The largest absolute Gasteiger partial charge is 0.393 e. The first-order valence-corrected chi connectivity index (χ1v) is 7.80. The zero-order chi connectivity index (χ0) is 14.1. The summed E-state index contributed by atoms with van der Waals surface area (Å²) in [5.74, 6) is 0.308. The Morgan fingerprint density at radius 2 is 1.74 bits per heavy atom. The number of aliphatic hydroxyl groups is 1. The van der Waals surface area contributed by atoms with Crippen molar-refractivity contribution in [1.82, 2.24) is 10.6 Å². The summed E-state index contributed by atoms with van der Waals surface area (Å²) in [5, 5.41) is 15.3. The Morgan fingerprint density at radius 3 is 2.32 bits per heavy atom. The van der Waals surface area contributed by atoms with Gasteiger partial charge in [0.25, 0.3) is 0 Å². The molecule has 0 bridgehead atoms. The molecule has 2 atom stereocenters. The van der Waals surface area contributed by atoms with Crippen molar-refractivity contribution in [2.75, 3.05) is 6.54 Å². The molecule has 2 amide bonds. The van der Waals surface area contributed by atoms with Crippen LogP contribution in [0.1, 0.15) is 65.2 Å². The van der Waals surface area contributed by atoms with Gasteiger partial charge in [-0.25, -0.2) is 4.79 Å². The van der Waals surface area contributed by atoms with Crippen LogP contribution < -0.4 is 10.6 Å². The Hall–Kier alpha value is -0.770. The van der Waals surface area contributed by atoms with E-state index in [-0.39, 0.29) is 12.1 Å². The van der Waals surface area contributed by atoms with Gasteiger partial charge < -0.3 is 15.7 Å². The first-order chi connectivity index (χ1) is 9.08. The van der Waals surface area contributed by atoms with Gasteiger partial charge in [-0.1, -0.05) is 39.0 Å². The minimum absolute atomic E-state index is 0.0528. The molecule has 2 unspecified atom stereocenters. The fourth-order valence-corrected chi connectivity index (χ4v) is 2.77. The minimum Gasteiger partial charge on any atom is -0.393 e. The zero-order valence-corrected chi connectivity index (χ0v) is 12.5. The third kappa shape index (κ3) is 8.09. The molecule has 0 aromatic heterocycles. The van der Waals surface area contributed by atoms with Crippen LogP contribution in [-0.4, -0.2) is 29.8 Å². The third-order valence-electron chi connectivity index (χ3n) is 3.79. The summed E-state index contributed by atoms with van der Waals surface area (Å²) in [6.45, 7) is 4.46. The number of rotatable bonds is 5. The Labute approximate surface area is 117 Å². The maximum absolute atomic E-state index is 11.8. The van der Waals surface area contributed by atoms with Gasteiger partial charge in [0.05, 0.1) is 6.10 Å². The van der Waals surface area contributed by atoms with E-state index in [1.54, 1.807) is 6.92 Å². The van der Waals surface area contributed by atoms with Crippen LogP contribution in [0.15, 0.2) is 0 Å². The number of hydrogen-bond acceptors (Lipinski definition) is 2. The number of urea groups is 1. The lowest BCUT2D eigenvalue weighted by atomic mass is 9.97. The Bertz CT molecular complexity index is 249. The van der Waals surface area contributed by atoms with E-state index >= 15 is 0 Å². The molecule has 1 aliphatic carbocycles. The van der Waals surface area contributed by atoms with Crippen molar-refractivity contribution in [3.8, 4) is 0 Å². The van der Waals surface area contributed by atoms with E-state index in [1.807, 2.05) is 6.92 Å². The SMILES string of the molecule is CC(O)CC(C)CNC(=O)NC1CCCCCCC1. The fourth-order valence-electron chi connectivity index (χ4n) is 2.77. The molecule has 0 aromatic rings. The summed E-state index contributed by atoms with van der Waals surface area (Å²) in [6.07, 6.45) is 9.03. The summed E-state index contributed by atoms with van der Waals surface area (Å²) in [5.41, 5.74) is 0. The Morgan fingerprint density at radius 1 is 1.16 bits per heavy atom. The Balaban J connectivity index is 2.18. The molecule has 19 heavy (non-hydrogen) atoms. The van der Waals surface area contributed by atoms with E-state index < -0.39 is 0 Å². The van der Waals surface area contributed by atoms with Crippen molar-refractivity contribution in [3.05, 3.63) is 0 Å². The summed E-state index contributed by atoms with van der Waals surface area (Å²) < 4.78 is 0. The molecule has 1 rings (SSSR count). The van der Waals surface area contributed by atoms with Crippen LogP contribution in [0.5, 0.6) is 0 Å². The summed E-state index contributed by atoms with van der Waals surface area (Å²) in [4.78, 5) is 11.8. The molecular formula is C15H30N2O2. The minimum atomic E-state index is -0.300. The Kier molecular flexibility index (Phi) is 7.87. The van der Waals surface area contributed by atoms with E-state index in [0.29, 0.717) is 18.5 Å². The zero-order valence-electron chi connectivity index (χ0n) is 12.5. The number of carbonyl (C=O) groups excluding carboxylic acids is 1. The van der Waals surface area contributed by atoms with E-state index in [9.17, 15) is 9.90 Å². The van der Waals surface area contributed by atoms with Gasteiger partial charge in [-0.15, -0.1) is 0 Å². The topological polar surface area (TPSA) is 61.4 Å². The second-order valence-corrected chi connectivity index (χ2v) is 6.09. The second kappa shape index (κ2) is 9.18. The number of aliphatic hydroxyl groups excluding tert-OH is 1. The smallest absolute Gasteiger partial charge is 0.315 e. The highest BCUT2D eigenvalue weighted by Gasteiger charge is 2.14.